The average molecular weight is 588 g/mol. The van der Waals surface area contributed by atoms with Gasteiger partial charge in [0.25, 0.3) is 5.91 Å². The third-order valence-electron chi connectivity index (χ3n) is 6.87. The molecule has 1 atom stereocenters. The maximum absolute atomic E-state index is 13.5. The van der Waals surface area contributed by atoms with Gasteiger partial charge in [0, 0.05) is 41.5 Å². The van der Waals surface area contributed by atoms with E-state index >= 15 is 0 Å². The number of benzene rings is 3. The summed E-state index contributed by atoms with van der Waals surface area (Å²) in [5, 5.41) is 2.67. The molecule has 1 amide bonds. The molecule has 3 aromatic carbocycles. The highest BCUT2D eigenvalue weighted by molar-refractivity contribution is 8.45. The van der Waals surface area contributed by atoms with E-state index in [1.54, 1.807) is 56.6 Å². The molecular formula is C27H30F5N3O2S2. The summed E-state index contributed by atoms with van der Waals surface area (Å²) >= 11 is 0. The van der Waals surface area contributed by atoms with Gasteiger partial charge >= 0.3 is 10.2 Å². The van der Waals surface area contributed by atoms with Gasteiger partial charge in [0.05, 0.1) is 9.73 Å². The molecule has 4 rings (SSSR count). The van der Waals surface area contributed by atoms with Crippen molar-refractivity contribution in [2.45, 2.75) is 46.8 Å². The SMILES string of the molecule is CN(C)C(=O)c1cccc(-c2ccc(S(=N)(=O)C3CCC(Nc4ccc(S(F)(F)(F)(F)F)cc4)CC3)cc2)c1. The molecule has 12 heteroatoms. The monoisotopic (exact) mass is 587 g/mol. The fraction of sp³-hybridized carbons (Fsp3) is 0.296. The van der Waals surface area contributed by atoms with Crippen molar-refractivity contribution in [2.24, 2.45) is 0 Å². The van der Waals surface area contributed by atoms with Gasteiger partial charge in [-0.2, -0.15) is 0 Å². The number of amides is 1. The van der Waals surface area contributed by atoms with Crippen LogP contribution in [0.2, 0.25) is 0 Å². The third-order valence-corrected chi connectivity index (χ3v) is 10.4. The van der Waals surface area contributed by atoms with E-state index in [4.69, 9.17) is 4.78 Å². The van der Waals surface area contributed by atoms with Crippen LogP contribution in [0, 0.1) is 4.78 Å². The molecule has 0 heterocycles. The maximum Gasteiger partial charge on any atom is 0.310 e. The number of rotatable bonds is 7. The summed E-state index contributed by atoms with van der Waals surface area (Å²) in [7, 11) is -9.47. The first-order valence-electron chi connectivity index (χ1n) is 12.2. The van der Waals surface area contributed by atoms with Crippen molar-refractivity contribution in [3.63, 3.8) is 0 Å². The van der Waals surface area contributed by atoms with Gasteiger partial charge in [0.1, 0.15) is 4.90 Å². The first-order valence-corrected chi connectivity index (χ1v) is 15.8. The van der Waals surface area contributed by atoms with E-state index in [0.29, 0.717) is 54.0 Å². The number of nitrogens with zero attached hydrogens (tertiary/aromatic N) is 1. The van der Waals surface area contributed by atoms with Crippen LogP contribution in [0.25, 0.3) is 11.1 Å². The quantitative estimate of drug-likeness (QED) is 0.272. The van der Waals surface area contributed by atoms with E-state index < -0.39 is 30.1 Å². The molecule has 3 aromatic rings. The number of halogens is 5. The average Bonchev–Trinajstić information content (AvgIpc) is 2.87. The molecule has 0 spiro atoms. The second-order valence-electron chi connectivity index (χ2n) is 10.0. The minimum absolute atomic E-state index is 0.117. The lowest BCUT2D eigenvalue weighted by Crippen LogP contribution is -2.32. The summed E-state index contributed by atoms with van der Waals surface area (Å²) < 4.78 is 86.8. The van der Waals surface area contributed by atoms with Crippen LogP contribution in [0.1, 0.15) is 36.0 Å². The Labute approximate surface area is 225 Å². The van der Waals surface area contributed by atoms with Crippen LogP contribution in [0.3, 0.4) is 0 Å². The lowest BCUT2D eigenvalue weighted by atomic mass is 9.95. The number of nitrogens with one attached hydrogen (secondary N) is 2. The number of carbonyl (C=O) groups excluding carboxylic acids is 1. The Morgan fingerprint density at radius 3 is 2.00 bits per heavy atom. The summed E-state index contributed by atoms with van der Waals surface area (Å²) in [6.45, 7) is 0. The third kappa shape index (κ3) is 6.73. The predicted octanol–water partition coefficient (Wildman–Crippen LogP) is 8.54. The van der Waals surface area contributed by atoms with Crippen LogP contribution >= 0.6 is 10.2 Å². The number of anilines is 1. The summed E-state index contributed by atoms with van der Waals surface area (Å²) in [6, 6.07) is 16.7. The minimum Gasteiger partial charge on any atom is -0.382 e. The molecule has 1 unspecified atom stereocenters. The largest absolute Gasteiger partial charge is 0.382 e. The highest BCUT2D eigenvalue weighted by Crippen LogP contribution is 3.02. The van der Waals surface area contributed by atoms with Gasteiger partial charge < -0.3 is 10.2 Å². The molecule has 0 saturated heterocycles. The topological polar surface area (TPSA) is 73.3 Å². The zero-order valence-electron chi connectivity index (χ0n) is 21.4. The van der Waals surface area contributed by atoms with E-state index in [1.165, 1.54) is 4.90 Å². The van der Waals surface area contributed by atoms with Crippen molar-refractivity contribution < 1.29 is 28.4 Å². The Bertz CT molecular complexity index is 1470. The van der Waals surface area contributed by atoms with Crippen LogP contribution in [-0.2, 0) is 9.73 Å². The molecule has 0 aliphatic heterocycles. The molecule has 1 saturated carbocycles. The Hall–Kier alpha value is -3.12. The first-order chi connectivity index (χ1) is 17.9. The van der Waals surface area contributed by atoms with Gasteiger partial charge in [-0.1, -0.05) is 43.7 Å². The highest BCUT2D eigenvalue weighted by atomic mass is 32.5. The first kappa shape index (κ1) is 28.9. The Balaban J connectivity index is 1.39. The standard InChI is InChI=1S/C27H30F5N3O2S2/c1-35(2)27(36)21-5-3-4-20(18-21)19-6-12-24(13-7-19)38(33,37)25-14-8-22(9-15-25)34-23-10-16-26(17-11-23)39(28,29,30,31)32/h3-7,10-13,16-18,22,25,33-34H,8-9,14-15H2,1-2H3. The molecule has 1 fully saturated rings. The molecule has 1 aliphatic carbocycles. The lowest BCUT2D eigenvalue weighted by Gasteiger charge is -2.40. The van der Waals surface area contributed by atoms with Gasteiger partial charge in [-0.05, 0) is 85.3 Å². The van der Waals surface area contributed by atoms with Gasteiger partial charge in [0.2, 0.25) is 0 Å². The van der Waals surface area contributed by atoms with Crippen molar-refractivity contribution in [2.75, 3.05) is 19.4 Å². The van der Waals surface area contributed by atoms with Crippen LogP contribution in [0.5, 0.6) is 0 Å². The fourth-order valence-electron chi connectivity index (χ4n) is 4.72. The highest BCUT2D eigenvalue weighted by Gasteiger charge is 2.65. The van der Waals surface area contributed by atoms with Gasteiger partial charge in [-0.3, -0.25) is 4.79 Å². The van der Waals surface area contributed by atoms with Crippen molar-refractivity contribution >= 4 is 31.5 Å². The number of hydrogen-bond acceptors (Lipinski definition) is 4. The fourth-order valence-corrected chi connectivity index (χ4v) is 7.23. The second-order valence-corrected chi connectivity index (χ2v) is 14.8. The summed E-state index contributed by atoms with van der Waals surface area (Å²) in [6.07, 6.45) is 2.02. The Kier molecular flexibility index (Phi) is 7.04. The van der Waals surface area contributed by atoms with Crippen molar-refractivity contribution in [1.82, 2.24) is 4.90 Å². The molecule has 5 nitrogen and oxygen atoms in total. The minimum atomic E-state index is -9.71. The Morgan fingerprint density at radius 1 is 0.872 bits per heavy atom. The van der Waals surface area contributed by atoms with Gasteiger partial charge in [0.15, 0.2) is 0 Å². The summed E-state index contributed by atoms with van der Waals surface area (Å²) in [5.41, 5.74) is 2.49. The number of hydrogen-bond donors (Lipinski definition) is 2. The van der Waals surface area contributed by atoms with E-state index in [9.17, 15) is 28.4 Å². The maximum atomic E-state index is 13.5. The van der Waals surface area contributed by atoms with E-state index in [0.717, 1.165) is 23.3 Å². The predicted molar refractivity (Wildman–Crippen MR) is 147 cm³/mol. The molecule has 39 heavy (non-hydrogen) atoms. The smallest absolute Gasteiger partial charge is 0.310 e. The van der Waals surface area contributed by atoms with Crippen molar-refractivity contribution in [3.8, 4) is 11.1 Å². The molecule has 1 aliphatic rings. The van der Waals surface area contributed by atoms with Gasteiger partial charge in [-0.25, -0.2) is 8.99 Å². The van der Waals surface area contributed by atoms with Gasteiger partial charge in [-0.15, -0.1) is 0 Å². The Morgan fingerprint density at radius 2 is 1.46 bits per heavy atom. The van der Waals surface area contributed by atoms with E-state index in [2.05, 4.69) is 5.32 Å². The number of carbonyl (C=O) groups is 1. The normalized spacial score (nSPS) is 21.2. The second kappa shape index (κ2) is 9.51. The lowest BCUT2D eigenvalue weighted by molar-refractivity contribution is 0.0827. The van der Waals surface area contributed by atoms with Crippen LogP contribution < -0.4 is 5.32 Å². The van der Waals surface area contributed by atoms with Crippen LogP contribution in [-0.4, -0.2) is 40.4 Å². The molecule has 0 bridgehead atoms. The van der Waals surface area contributed by atoms with E-state index in [-0.39, 0.29) is 11.9 Å². The van der Waals surface area contributed by atoms with Crippen molar-refractivity contribution in [1.29, 1.82) is 4.78 Å². The summed E-state index contributed by atoms with van der Waals surface area (Å²) in [5.74, 6) is -0.117. The summed E-state index contributed by atoms with van der Waals surface area (Å²) in [4.78, 5) is 12.3. The zero-order chi connectivity index (χ0) is 28.7. The van der Waals surface area contributed by atoms with E-state index in [1.807, 2.05) is 6.07 Å². The molecular weight excluding hydrogens is 557 g/mol. The van der Waals surface area contributed by atoms with Crippen LogP contribution in [0.4, 0.5) is 25.1 Å². The molecule has 0 radical (unpaired) electrons. The van der Waals surface area contributed by atoms with Crippen molar-refractivity contribution in [3.05, 3.63) is 78.4 Å². The molecule has 2 N–H and O–H groups in total. The molecule has 212 valence electrons. The molecule has 0 aromatic heterocycles. The van der Waals surface area contributed by atoms with Crippen LogP contribution in [0.15, 0.2) is 82.6 Å². The zero-order valence-corrected chi connectivity index (χ0v) is 23.0.